The first-order valence-electron chi connectivity index (χ1n) is 27.3. The normalized spacial score (nSPS) is 22.7. The van der Waals surface area contributed by atoms with Gasteiger partial charge in [-0.2, -0.15) is 0 Å². The number of benzene rings is 5. The molecule has 4 heteroatoms. The van der Waals surface area contributed by atoms with Gasteiger partial charge in [-0.25, -0.2) is 0 Å². The van der Waals surface area contributed by atoms with E-state index in [4.69, 9.17) is 0 Å². The molecule has 0 amide bonds. The highest BCUT2D eigenvalue weighted by molar-refractivity contribution is 7.32. The van der Waals surface area contributed by atoms with Gasteiger partial charge in [0.2, 0.25) is 0 Å². The number of rotatable bonds is 3. The number of nitrogens with zero attached hydrogens (tertiary/aromatic N) is 2. The number of allylic oxidation sites excluding steroid dienone is 3. The molecule has 2 nitrogen and oxygen atoms in total. The highest BCUT2D eigenvalue weighted by Crippen LogP contribution is 2.61. The fourth-order valence-electron chi connectivity index (χ4n) is 14.6. The fraction of sp³-hybridized carbons (Fsp3) is 0.463. The van der Waals surface area contributed by atoms with E-state index in [9.17, 15) is 0 Å². The van der Waals surface area contributed by atoms with E-state index >= 15 is 0 Å². The van der Waals surface area contributed by atoms with Crippen molar-refractivity contribution in [3.63, 3.8) is 0 Å². The van der Waals surface area contributed by atoms with Crippen molar-refractivity contribution in [1.82, 2.24) is 0 Å². The molecule has 1 atom stereocenters. The minimum absolute atomic E-state index is 0.0195. The Balaban J connectivity index is 1.23. The third kappa shape index (κ3) is 7.05. The average Bonchev–Trinajstić information content (AvgIpc) is 3.69. The maximum absolute atomic E-state index is 2.82. The molecule has 1 unspecified atom stereocenters. The van der Waals surface area contributed by atoms with E-state index in [1.165, 1.54) is 137 Å². The molecule has 1 saturated carbocycles. The fourth-order valence-corrected chi connectivity index (χ4v) is 15.9. The second-order valence-electron chi connectivity index (χ2n) is 28.3. The molecule has 12 rings (SSSR count). The van der Waals surface area contributed by atoms with Crippen molar-refractivity contribution in [2.24, 2.45) is 16.7 Å². The van der Waals surface area contributed by atoms with Gasteiger partial charge in [0.15, 0.2) is 0 Å². The number of thiophene rings is 1. The van der Waals surface area contributed by atoms with Gasteiger partial charge < -0.3 is 9.80 Å². The summed E-state index contributed by atoms with van der Waals surface area (Å²) in [4.78, 5) is 5.59. The maximum Gasteiger partial charge on any atom is 0.260 e. The Morgan fingerprint density at radius 2 is 1.17 bits per heavy atom. The predicted octanol–water partition coefficient (Wildman–Crippen LogP) is 18.0. The summed E-state index contributed by atoms with van der Waals surface area (Å²) in [6, 6.07) is 36.9. The Bertz CT molecular complexity index is 3300. The van der Waals surface area contributed by atoms with Crippen LogP contribution in [-0.4, -0.2) is 6.71 Å². The molecule has 366 valence electrons. The quantitative estimate of drug-likeness (QED) is 0.163. The molecular formula is C67H79BN2S. The monoisotopic (exact) mass is 955 g/mol. The van der Waals surface area contributed by atoms with Crippen LogP contribution in [-0.2, 0) is 27.1 Å². The third-order valence-electron chi connectivity index (χ3n) is 19.6. The van der Waals surface area contributed by atoms with Crippen LogP contribution in [0.25, 0.3) is 21.2 Å². The Morgan fingerprint density at radius 3 is 1.82 bits per heavy atom. The van der Waals surface area contributed by atoms with Gasteiger partial charge in [-0.1, -0.05) is 157 Å². The highest BCUT2D eigenvalue weighted by Gasteiger charge is 2.53. The van der Waals surface area contributed by atoms with E-state index in [-0.39, 0.29) is 44.6 Å². The lowest BCUT2D eigenvalue weighted by Gasteiger charge is -2.54. The lowest BCUT2D eigenvalue weighted by Crippen LogP contribution is -2.56. The highest BCUT2D eigenvalue weighted by atomic mass is 32.1. The van der Waals surface area contributed by atoms with E-state index in [0.717, 1.165) is 6.42 Å². The van der Waals surface area contributed by atoms with Crippen molar-refractivity contribution in [2.75, 3.05) is 9.80 Å². The molecule has 1 fully saturated rings. The molecule has 0 spiro atoms. The summed E-state index contributed by atoms with van der Waals surface area (Å²) in [5.74, 6) is 0.466. The standard InChI is InChI=1S/C67H79BN2S/c1-40-32-55-58-56(33-40)70(53-38-50-48(64(9,10)28-30-66(50,13)14)36-44(53)41-20-18-17-19-21-41)54-39-51-49(65(11,12)29-31-67(51,15)16)37-52(54)68(58)60-59(45-34-42(61(2,3)4)22-25-57(45)71-60)69(55)43-23-24-46-47(35-43)63(7,8)27-26-62(46,5)6/h17-25,32-36,38-39,49H,26-31,37H2,1-16H3. The Kier molecular flexibility index (Phi) is 10.1. The second-order valence-corrected chi connectivity index (χ2v) is 29.4. The molecule has 4 aliphatic carbocycles. The van der Waals surface area contributed by atoms with Crippen LogP contribution < -0.4 is 20.0 Å². The number of aryl methyl sites for hydroxylation is 1. The Hall–Kier alpha value is -4.80. The Morgan fingerprint density at radius 1 is 0.577 bits per heavy atom. The summed E-state index contributed by atoms with van der Waals surface area (Å²) >= 11 is 2.07. The van der Waals surface area contributed by atoms with Crippen LogP contribution >= 0.6 is 11.3 Å². The number of fused-ring (bicyclic) bond motifs is 8. The van der Waals surface area contributed by atoms with Gasteiger partial charge in [0.25, 0.3) is 6.71 Å². The second kappa shape index (κ2) is 15.1. The summed E-state index contributed by atoms with van der Waals surface area (Å²) in [6.45, 7) is 39.8. The van der Waals surface area contributed by atoms with E-state index < -0.39 is 0 Å². The summed E-state index contributed by atoms with van der Waals surface area (Å²) in [6.07, 6.45) is 11.1. The lowest BCUT2D eigenvalue weighted by atomic mass is 9.33. The van der Waals surface area contributed by atoms with Crippen LogP contribution in [0.5, 0.6) is 0 Å². The van der Waals surface area contributed by atoms with Crippen LogP contribution in [0, 0.1) is 23.7 Å². The van der Waals surface area contributed by atoms with Gasteiger partial charge in [-0.05, 0) is 195 Å². The zero-order chi connectivity index (χ0) is 50.3. The van der Waals surface area contributed by atoms with Crippen molar-refractivity contribution in [1.29, 1.82) is 0 Å². The van der Waals surface area contributed by atoms with Crippen LogP contribution in [0.2, 0.25) is 0 Å². The van der Waals surface area contributed by atoms with Gasteiger partial charge in [-0.15, -0.1) is 11.3 Å². The SMILES string of the molecule is Cc1cc2c3c(c1)N(c1ccc4c(c1)C(C)(C)CCC4(C)C)c1c(sc4ccc(C(C)(C)C)cc14)B3C1=C(C=C3C(C1)C(C)(C)CCC3(C)C)N2c1cc2c(cc1-c1ccccc1)C(C)(C)CCC2(C)C. The van der Waals surface area contributed by atoms with Crippen molar-refractivity contribution < 1.29 is 0 Å². The molecule has 6 aromatic rings. The molecule has 0 radical (unpaired) electrons. The summed E-state index contributed by atoms with van der Waals surface area (Å²) in [7, 11) is 0. The topological polar surface area (TPSA) is 6.48 Å². The minimum Gasteiger partial charge on any atom is -0.311 e. The molecule has 0 saturated heterocycles. The molecule has 1 aromatic heterocycles. The largest absolute Gasteiger partial charge is 0.311 e. The van der Waals surface area contributed by atoms with Crippen molar-refractivity contribution in [3.05, 3.63) is 147 Å². The van der Waals surface area contributed by atoms with Crippen LogP contribution in [0.1, 0.15) is 182 Å². The molecule has 6 aliphatic rings. The van der Waals surface area contributed by atoms with Crippen LogP contribution in [0.4, 0.5) is 28.4 Å². The molecular weight excluding hydrogens is 876 g/mol. The zero-order valence-corrected chi connectivity index (χ0v) is 47.0. The molecule has 2 aliphatic heterocycles. The first kappa shape index (κ1) is 47.2. The first-order chi connectivity index (χ1) is 33.2. The predicted molar refractivity (Wildman–Crippen MR) is 310 cm³/mol. The summed E-state index contributed by atoms with van der Waals surface area (Å²) in [5, 5.41) is 1.39. The van der Waals surface area contributed by atoms with Crippen molar-refractivity contribution >= 4 is 66.8 Å². The van der Waals surface area contributed by atoms with Crippen molar-refractivity contribution in [3.8, 4) is 11.1 Å². The maximum atomic E-state index is 2.82. The van der Waals surface area contributed by atoms with Crippen LogP contribution in [0.3, 0.4) is 0 Å². The smallest absolute Gasteiger partial charge is 0.260 e. The van der Waals surface area contributed by atoms with Gasteiger partial charge in [-0.3, -0.25) is 0 Å². The average molecular weight is 955 g/mol. The van der Waals surface area contributed by atoms with Gasteiger partial charge >= 0.3 is 0 Å². The van der Waals surface area contributed by atoms with Gasteiger partial charge in [0, 0.05) is 43.2 Å². The van der Waals surface area contributed by atoms with E-state index in [1.54, 1.807) is 11.0 Å². The van der Waals surface area contributed by atoms with Crippen LogP contribution in [0.15, 0.2) is 114 Å². The van der Waals surface area contributed by atoms with E-state index in [1.807, 2.05) is 0 Å². The third-order valence-corrected chi connectivity index (χ3v) is 20.8. The lowest BCUT2D eigenvalue weighted by molar-refractivity contribution is 0.122. The van der Waals surface area contributed by atoms with E-state index in [2.05, 4.69) is 229 Å². The Labute approximate surface area is 432 Å². The van der Waals surface area contributed by atoms with Crippen molar-refractivity contribution in [2.45, 2.75) is 183 Å². The molecule has 71 heavy (non-hydrogen) atoms. The number of anilines is 5. The summed E-state index contributed by atoms with van der Waals surface area (Å²) < 4.78 is 2.90. The molecule has 0 bridgehead atoms. The molecule has 3 heterocycles. The van der Waals surface area contributed by atoms with Gasteiger partial charge in [0.05, 0.1) is 11.4 Å². The molecule has 0 N–H and O–H groups in total. The number of hydrogen-bond acceptors (Lipinski definition) is 3. The van der Waals surface area contributed by atoms with Gasteiger partial charge in [0.1, 0.15) is 0 Å². The first-order valence-corrected chi connectivity index (χ1v) is 28.2. The summed E-state index contributed by atoms with van der Waals surface area (Å²) in [5.41, 5.74) is 24.9. The zero-order valence-electron chi connectivity index (χ0n) is 46.1. The number of hydrogen-bond donors (Lipinski definition) is 0. The molecule has 5 aromatic carbocycles. The minimum atomic E-state index is 0.0195. The van der Waals surface area contributed by atoms with E-state index in [0.29, 0.717) is 5.92 Å².